The molecular weight excluding hydrogens is 316 g/mol. The average Bonchev–Trinajstić information content (AvgIpc) is 3.22. The highest BCUT2D eigenvalue weighted by Gasteiger charge is 2.29. The lowest BCUT2D eigenvalue weighted by Gasteiger charge is -2.22. The van der Waals surface area contributed by atoms with Gasteiger partial charge in [-0.2, -0.15) is 4.98 Å². The van der Waals surface area contributed by atoms with E-state index in [2.05, 4.69) is 19.9 Å². The van der Waals surface area contributed by atoms with E-state index >= 15 is 0 Å². The Morgan fingerprint density at radius 3 is 2.68 bits per heavy atom. The summed E-state index contributed by atoms with van der Waals surface area (Å²) in [7, 11) is 0. The predicted molar refractivity (Wildman–Crippen MR) is 93.9 cm³/mol. The van der Waals surface area contributed by atoms with Gasteiger partial charge in [0, 0.05) is 38.5 Å². The molecule has 3 aliphatic rings. The minimum absolute atomic E-state index is 0.350. The average molecular weight is 346 g/mol. The second kappa shape index (κ2) is 7.85. The van der Waals surface area contributed by atoms with E-state index in [0.717, 1.165) is 63.1 Å². The lowest BCUT2D eigenvalue weighted by Crippen LogP contribution is -2.35. The summed E-state index contributed by atoms with van der Waals surface area (Å²) in [4.78, 5) is 21.5. The summed E-state index contributed by atoms with van der Waals surface area (Å²) in [5.74, 6) is 3.29. The Morgan fingerprint density at radius 2 is 1.88 bits per heavy atom. The maximum Gasteiger partial charge on any atom is 0.240 e. The summed E-state index contributed by atoms with van der Waals surface area (Å²) in [6.45, 7) is 4.32. The molecule has 25 heavy (non-hydrogen) atoms. The van der Waals surface area contributed by atoms with Crippen molar-refractivity contribution < 1.29 is 9.32 Å². The third kappa shape index (κ3) is 4.60. The maximum atomic E-state index is 12.5. The molecule has 1 aromatic heterocycles. The van der Waals surface area contributed by atoms with Crippen molar-refractivity contribution in [2.24, 2.45) is 5.92 Å². The van der Waals surface area contributed by atoms with Crippen LogP contribution in [0.25, 0.3) is 0 Å². The van der Waals surface area contributed by atoms with Gasteiger partial charge < -0.3 is 9.42 Å². The van der Waals surface area contributed by atoms with Crippen LogP contribution in [0.2, 0.25) is 0 Å². The molecule has 138 valence electrons. The van der Waals surface area contributed by atoms with E-state index in [1.54, 1.807) is 0 Å². The van der Waals surface area contributed by atoms with Gasteiger partial charge in [0.15, 0.2) is 5.82 Å². The predicted octanol–water partition coefficient (Wildman–Crippen LogP) is 2.95. The quantitative estimate of drug-likeness (QED) is 0.792. The van der Waals surface area contributed by atoms with Gasteiger partial charge in [0.05, 0.1) is 6.54 Å². The van der Waals surface area contributed by atoms with Gasteiger partial charge in [-0.3, -0.25) is 9.69 Å². The SMILES string of the molecule is O=C(CCC1CCCC1)N1CCCN(Cc2nc(C3CC3)no2)CC1. The molecule has 2 saturated carbocycles. The highest BCUT2D eigenvalue weighted by molar-refractivity contribution is 5.76. The zero-order valence-corrected chi connectivity index (χ0v) is 15.2. The number of amides is 1. The van der Waals surface area contributed by atoms with Crippen molar-refractivity contribution in [2.45, 2.75) is 70.3 Å². The number of carbonyl (C=O) groups excluding carboxylic acids is 1. The van der Waals surface area contributed by atoms with Crippen molar-refractivity contribution in [3.8, 4) is 0 Å². The highest BCUT2D eigenvalue weighted by atomic mass is 16.5. The molecule has 0 unspecified atom stereocenters. The fourth-order valence-corrected chi connectivity index (χ4v) is 4.19. The lowest BCUT2D eigenvalue weighted by molar-refractivity contribution is -0.131. The molecule has 0 N–H and O–H groups in total. The molecule has 2 aliphatic carbocycles. The second-order valence-electron chi connectivity index (χ2n) is 8.02. The van der Waals surface area contributed by atoms with E-state index in [9.17, 15) is 4.79 Å². The van der Waals surface area contributed by atoms with E-state index < -0.39 is 0 Å². The Kier molecular flexibility index (Phi) is 5.34. The van der Waals surface area contributed by atoms with Crippen molar-refractivity contribution in [1.82, 2.24) is 19.9 Å². The first-order valence-corrected chi connectivity index (χ1v) is 10.1. The molecule has 4 rings (SSSR count). The van der Waals surface area contributed by atoms with Gasteiger partial charge in [0.25, 0.3) is 0 Å². The second-order valence-corrected chi connectivity index (χ2v) is 8.02. The minimum atomic E-state index is 0.350. The van der Waals surface area contributed by atoms with Gasteiger partial charge in [0.1, 0.15) is 0 Å². The summed E-state index contributed by atoms with van der Waals surface area (Å²) < 4.78 is 5.40. The van der Waals surface area contributed by atoms with Gasteiger partial charge in [-0.15, -0.1) is 0 Å². The van der Waals surface area contributed by atoms with E-state index in [4.69, 9.17) is 4.52 Å². The van der Waals surface area contributed by atoms with Crippen LogP contribution in [0.3, 0.4) is 0 Å². The maximum absolute atomic E-state index is 12.5. The van der Waals surface area contributed by atoms with E-state index in [1.165, 1.54) is 38.5 Å². The van der Waals surface area contributed by atoms with Gasteiger partial charge in [-0.25, -0.2) is 0 Å². The van der Waals surface area contributed by atoms with Gasteiger partial charge in [-0.1, -0.05) is 30.8 Å². The van der Waals surface area contributed by atoms with E-state index in [0.29, 0.717) is 18.4 Å². The van der Waals surface area contributed by atoms with Gasteiger partial charge in [-0.05, 0) is 31.6 Å². The van der Waals surface area contributed by atoms with Crippen LogP contribution in [0.15, 0.2) is 4.52 Å². The number of nitrogens with zero attached hydrogens (tertiary/aromatic N) is 4. The first-order chi connectivity index (χ1) is 12.3. The van der Waals surface area contributed by atoms with Crippen molar-refractivity contribution in [3.63, 3.8) is 0 Å². The van der Waals surface area contributed by atoms with Crippen LogP contribution in [0.1, 0.15) is 75.4 Å². The third-order valence-corrected chi connectivity index (χ3v) is 5.97. The molecule has 0 spiro atoms. The number of hydrogen-bond acceptors (Lipinski definition) is 5. The first kappa shape index (κ1) is 17.0. The Bertz CT molecular complexity index is 578. The number of carbonyl (C=O) groups is 1. The molecule has 6 nitrogen and oxygen atoms in total. The zero-order chi connectivity index (χ0) is 17.1. The normalized spacial score (nSPS) is 23.1. The fourth-order valence-electron chi connectivity index (χ4n) is 4.19. The standard InChI is InChI=1S/C19H30N4O2/c24-18(9-6-15-4-1-2-5-15)23-11-3-10-22(12-13-23)14-17-20-19(21-25-17)16-7-8-16/h15-16H,1-14H2. The van der Waals surface area contributed by atoms with Crippen molar-refractivity contribution in [2.75, 3.05) is 26.2 Å². The molecule has 0 atom stereocenters. The Morgan fingerprint density at radius 1 is 1.04 bits per heavy atom. The van der Waals surface area contributed by atoms with Crippen LogP contribution in [0, 0.1) is 5.92 Å². The molecule has 1 saturated heterocycles. The first-order valence-electron chi connectivity index (χ1n) is 10.1. The topological polar surface area (TPSA) is 62.5 Å². The van der Waals surface area contributed by atoms with Crippen LogP contribution < -0.4 is 0 Å². The van der Waals surface area contributed by atoms with Gasteiger partial charge in [0.2, 0.25) is 11.8 Å². The Hall–Kier alpha value is -1.43. The summed E-state index contributed by atoms with van der Waals surface area (Å²) in [6.07, 6.45) is 10.6. The van der Waals surface area contributed by atoms with Crippen molar-refractivity contribution in [1.29, 1.82) is 0 Å². The molecule has 1 amide bonds. The number of hydrogen-bond donors (Lipinski definition) is 0. The third-order valence-electron chi connectivity index (χ3n) is 5.97. The molecule has 2 heterocycles. The molecule has 0 aromatic carbocycles. The Balaban J connectivity index is 1.22. The summed E-state index contributed by atoms with van der Waals surface area (Å²) in [5.41, 5.74) is 0. The van der Waals surface area contributed by atoms with Crippen LogP contribution in [-0.2, 0) is 11.3 Å². The smallest absolute Gasteiger partial charge is 0.240 e. The zero-order valence-electron chi connectivity index (χ0n) is 15.2. The fraction of sp³-hybridized carbons (Fsp3) is 0.842. The van der Waals surface area contributed by atoms with Crippen molar-refractivity contribution in [3.05, 3.63) is 11.7 Å². The highest BCUT2D eigenvalue weighted by Crippen LogP contribution is 2.38. The minimum Gasteiger partial charge on any atom is -0.341 e. The molecule has 3 fully saturated rings. The van der Waals surface area contributed by atoms with Gasteiger partial charge >= 0.3 is 0 Å². The van der Waals surface area contributed by atoms with Crippen LogP contribution in [-0.4, -0.2) is 52.0 Å². The monoisotopic (exact) mass is 346 g/mol. The molecule has 1 aromatic rings. The number of aromatic nitrogens is 2. The molecule has 1 aliphatic heterocycles. The summed E-state index contributed by atoms with van der Waals surface area (Å²) in [5, 5.41) is 4.10. The Labute approximate surface area is 149 Å². The number of rotatable bonds is 6. The summed E-state index contributed by atoms with van der Waals surface area (Å²) in [6, 6.07) is 0. The molecule has 0 radical (unpaired) electrons. The van der Waals surface area contributed by atoms with E-state index in [-0.39, 0.29) is 0 Å². The van der Waals surface area contributed by atoms with Crippen LogP contribution >= 0.6 is 0 Å². The largest absolute Gasteiger partial charge is 0.341 e. The summed E-state index contributed by atoms with van der Waals surface area (Å²) >= 11 is 0. The lowest BCUT2D eigenvalue weighted by atomic mass is 10.0. The molecule has 0 bridgehead atoms. The van der Waals surface area contributed by atoms with E-state index in [1.807, 2.05) is 0 Å². The molecule has 6 heteroatoms. The molecular formula is C19H30N4O2. The van der Waals surface area contributed by atoms with Crippen LogP contribution in [0.4, 0.5) is 0 Å². The van der Waals surface area contributed by atoms with Crippen LogP contribution in [0.5, 0.6) is 0 Å². The van der Waals surface area contributed by atoms with Crippen molar-refractivity contribution >= 4 is 5.91 Å².